The van der Waals surface area contributed by atoms with Gasteiger partial charge < -0.3 is 15.7 Å². The van der Waals surface area contributed by atoms with Gasteiger partial charge in [-0.15, -0.1) is 5.10 Å². The second-order valence-corrected chi connectivity index (χ2v) is 4.18. The Labute approximate surface area is 108 Å². The molecule has 19 heavy (non-hydrogen) atoms. The fourth-order valence-corrected chi connectivity index (χ4v) is 1.75. The highest BCUT2D eigenvalue weighted by Crippen LogP contribution is 2.06. The van der Waals surface area contributed by atoms with Crippen molar-refractivity contribution >= 4 is 17.8 Å². The Bertz CT molecular complexity index is 512. The number of rotatable bonds is 5. The SMILES string of the molecule is O=C(O)Cn1cc(CNC(=O)[C@@H]2CCC(=O)N2)nn1. The van der Waals surface area contributed by atoms with Crippen molar-refractivity contribution in [3.8, 4) is 0 Å². The van der Waals surface area contributed by atoms with Gasteiger partial charge in [-0.1, -0.05) is 5.21 Å². The molecule has 0 aromatic carbocycles. The Morgan fingerprint density at radius 2 is 2.37 bits per heavy atom. The number of aromatic nitrogens is 3. The zero-order valence-electron chi connectivity index (χ0n) is 10.00. The van der Waals surface area contributed by atoms with Gasteiger partial charge in [0.1, 0.15) is 18.3 Å². The highest BCUT2D eigenvalue weighted by Gasteiger charge is 2.26. The van der Waals surface area contributed by atoms with Crippen LogP contribution in [0.3, 0.4) is 0 Å². The van der Waals surface area contributed by atoms with Crippen molar-refractivity contribution in [3.63, 3.8) is 0 Å². The first-order chi connectivity index (χ1) is 9.04. The molecule has 9 nitrogen and oxygen atoms in total. The third-order valence-electron chi connectivity index (χ3n) is 2.64. The van der Waals surface area contributed by atoms with Gasteiger partial charge in [-0.25, -0.2) is 4.68 Å². The lowest BCUT2D eigenvalue weighted by Gasteiger charge is -2.09. The third-order valence-corrected chi connectivity index (χ3v) is 2.64. The Kier molecular flexibility index (Phi) is 3.74. The van der Waals surface area contributed by atoms with Crippen LogP contribution in [0.2, 0.25) is 0 Å². The Morgan fingerprint density at radius 1 is 1.58 bits per heavy atom. The molecule has 2 amide bonds. The number of carboxylic acid groups (broad SMARTS) is 1. The normalized spacial score (nSPS) is 18.1. The molecule has 1 atom stereocenters. The summed E-state index contributed by atoms with van der Waals surface area (Å²) in [5, 5.41) is 21.1. The number of hydrogen-bond acceptors (Lipinski definition) is 5. The molecule has 1 fully saturated rings. The predicted octanol–water partition coefficient (Wildman–Crippen LogP) is -1.74. The smallest absolute Gasteiger partial charge is 0.325 e. The highest BCUT2D eigenvalue weighted by atomic mass is 16.4. The molecule has 0 unspecified atom stereocenters. The molecule has 0 aliphatic carbocycles. The molecular weight excluding hydrogens is 254 g/mol. The lowest BCUT2D eigenvalue weighted by molar-refractivity contribution is -0.138. The van der Waals surface area contributed by atoms with E-state index >= 15 is 0 Å². The fraction of sp³-hybridized carbons (Fsp3) is 0.500. The minimum Gasteiger partial charge on any atom is -0.480 e. The van der Waals surface area contributed by atoms with Crippen LogP contribution >= 0.6 is 0 Å². The molecule has 9 heteroatoms. The van der Waals surface area contributed by atoms with Crippen molar-refractivity contribution < 1.29 is 19.5 Å². The summed E-state index contributed by atoms with van der Waals surface area (Å²) in [4.78, 5) is 33.1. The lowest BCUT2D eigenvalue weighted by Crippen LogP contribution is -2.41. The number of nitrogens with one attached hydrogen (secondary N) is 2. The minimum atomic E-state index is -1.02. The van der Waals surface area contributed by atoms with Crippen LogP contribution in [0.25, 0.3) is 0 Å². The zero-order valence-corrected chi connectivity index (χ0v) is 10.00. The molecule has 0 spiro atoms. The molecule has 1 aliphatic rings. The molecule has 102 valence electrons. The largest absolute Gasteiger partial charge is 0.480 e. The van der Waals surface area contributed by atoms with Gasteiger partial charge in [0.2, 0.25) is 11.8 Å². The summed E-state index contributed by atoms with van der Waals surface area (Å²) in [6, 6.07) is -0.499. The van der Waals surface area contributed by atoms with E-state index in [1.54, 1.807) is 0 Å². The zero-order chi connectivity index (χ0) is 13.8. The van der Waals surface area contributed by atoms with Gasteiger partial charge in [0.05, 0.1) is 12.7 Å². The number of amides is 2. The monoisotopic (exact) mass is 267 g/mol. The molecule has 1 aliphatic heterocycles. The molecule has 2 heterocycles. The standard InChI is InChI=1S/C10H13N5O4/c16-8-2-1-7(12-8)10(19)11-3-6-4-15(14-13-6)5-9(17)18/h4,7H,1-3,5H2,(H,11,19)(H,12,16)(H,17,18)/t7-/m0/s1. The van der Waals surface area contributed by atoms with E-state index in [0.29, 0.717) is 18.5 Å². The molecular formula is C10H13N5O4. The van der Waals surface area contributed by atoms with Crippen molar-refractivity contribution in [1.82, 2.24) is 25.6 Å². The maximum atomic E-state index is 11.7. The number of nitrogens with zero attached hydrogens (tertiary/aromatic N) is 3. The van der Waals surface area contributed by atoms with Crippen LogP contribution in [-0.2, 0) is 27.5 Å². The van der Waals surface area contributed by atoms with E-state index < -0.39 is 12.0 Å². The third kappa shape index (κ3) is 3.50. The van der Waals surface area contributed by atoms with Crippen molar-refractivity contribution in [2.45, 2.75) is 32.0 Å². The van der Waals surface area contributed by atoms with Gasteiger partial charge in [0.15, 0.2) is 0 Å². The topological polar surface area (TPSA) is 126 Å². The lowest BCUT2D eigenvalue weighted by atomic mass is 10.2. The van der Waals surface area contributed by atoms with E-state index in [-0.39, 0.29) is 24.9 Å². The Hall–Kier alpha value is -2.45. The number of aliphatic carboxylic acids is 1. The highest BCUT2D eigenvalue weighted by molar-refractivity contribution is 5.90. The molecule has 3 N–H and O–H groups in total. The van der Waals surface area contributed by atoms with Gasteiger partial charge in [-0.3, -0.25) is 14.4 Å². The van der Waals surface area contributed by atoms with Gasteiger partial charge in [-0.2, -0.15) is 0 Å². The predicted molar refractivity (Wildman–Crippen MR) is 60.7 cm³/mol. The van der Waals surface area contributed by atoms with Gasteiger partial charge in [0.25, 0.3) is 0 Å². The second-order valence-electron chi connectivity index (χ2n) is 4.18. The summed E-state index contributed by atoms with van der Waals surface area (Å²) in [5.41, 5.74) is 0.457. The van der Waals surface area contributed by atoms with Gasteiger partial charge in [0, 0.05) is 6.42 Å². The van der Waals surface area contributed by atoms with Gasteiger partial charge >= 0.3 is 5.97 Å². The summed E-state index contributed by atoms with van der Waals surface area (Å²) in [6.45, 7) is -0.134. The molecule has 1 saturated heterocycles. The summed E-state index contributed by atoms with van der Waals surface area (Å²) < 4.78 is 1.17. The van der Waals surface area contributed by atoms with E-state index in [2.05, 4.69) is 20.9 Å². The second kappa shape index (κ2) is 5.46. The summed E-state index contributed by atoms with van der Waals surface area (Å²) in [5.74, 6) is -1.43. The molecule has 0 saturated carbocycles. The quantitative estimate of drug-likeness (QED) is 0.581. The van der Waals surface area contributed by atoms with Crippen LogP contribution in [0.5, 0.6) is 0 Å². The summed E-state index contributed by atoms with van der Waals surface area (Å²) in [6.07, 6.45) is 2.28. The molecule has 1 aromatic heterocycles. The summed E-state index contributed by atoms with van der Waals surface area (Å²) in [7, 11) is 0. The van der Waals surface area contributed by atoms with Gasteiger partial charge in [-0.05, 0) is 6.42 Å². The van der Waals surface area contributed by atoms with Crippen LogP contribution in [0.15, 0.2) is 6.20 Å². The minimum absolute atomic E-state index is 0.132. The molecule has 1 aromatic rings. The maximum Gasteiger partial charge on any atom is 0.325 e. The van der Waals surface area contributed by atoms with Crippen molar-refractivity contribution in [1.29, 1.82) is 0 Å². The van der Waals surface area contributed by atoms with E-state index in [0.717, 1.165) is 0 Å². The Balaban J connectivity index is 1.81. The molecule has 0 radical (unpaired) electrons. The summed E-state index contributed by atoms with van der Waals surface area (Å²) >= 11 is 0. The Morgan fingerprint density at radius 3 is 3.00 bits per heavy atom. The number of carboxylic acids is 1. The van der Waals surface area contributed by atoms with Crippen molar-refractivity contribution in [2.24, 2.45) is 0 Å². The maximum absolute atomic E-state index is 11.7. The fourth-order valence-electron chi connectivity index (χ4n) is 1.75. The van der Waals surface area contributed by atoms with E-state index in [9.17, 15) is 14.4 Å². The van der Waals surface area contributed by atoms with E-state index in [1.165, 1.54) is 10.9 Å². The van der Waals surface area contributed by atoms with Crippen LogP contribution < -0.4 is 10.6 Å². The molecule has 2 rings (SSSR count). The average Bonchev–Trinajstić information content (AvgIpc) is 2.94. The van der Waals surface area contributed by atoms with Crippen LogP contribution in [-0.4, -0.2) is 43.9 Å². The van der Waals surface area contributed by atoms with E-state index in [4.69, 9.17) is 5.11 Å². The number of carbonyl (C=O) groups excluding carboxylic acids is 2. The number of carbonyl (C=O) groups is 3. The van der Waals surface area contributed by atoms with Crippen LogP contribution in [0, 0.1) is 0 Å². The first kappa shape index (κ1) is 13.0. The van der Waals surface area contributed by atoms with Crippen molar-refractivity contribution in [3.05, 3.63) is 11.9 Å². The van der Waals surface area contributed by atoms with Crippen LogP contribution in [0.1, 0.15) is 18.5 Å². The van der Waals surface area contributed by atoms with Crippen LogP contribution in [0.4, 0.5) is 0 Å². The average molecular weight is 267 g/mol. The first-order valence-corrected chi connectivity index (χ1v) is 5.72. The molecule has 0 bridgehead atoms. The van der Waals surface area contributed by atoms with Crippen molar-refractivity contribution in [2.75, 3.05) is 0 Å². The first-order valence-electron chi connectivity index (χ1n) is 5.72. The number of hydrogen-bond donors (Lipinski definition) is 3. The van der Waals surface area contributed by atoms with E-state index in [1.807, 2.05) is 0 Å².